The minimum atomic E-state index is -0.892. The van der Waals surface area contributed by atoms with Crippen molar-refractivity contribution in [3.63, 3.8) is 0 Å². The van der Waals surface area contributed by atoms with Crippen LogP contribution in [-0.4, -0.2) is 22.5 Å². The van der Waals surface area contributed by atoms with Gasteiger partial charge in [0.1, 0.15) is 0 Å². The molecule has 2 N–H and O–H groups in total. The molecule has 0 saturated heterocycles. The summed E-state index contributed by atoms with van der Waals surface area (Å²) in [7, 11) is 0. The molecule has 0 aliphatic carbocycles. The first-order chi connectivity index (χ1) is 8.96. The van der Waals surface area contributed by atoms with Crippen LogP contribution in [0.4, 0.5) is 0 Å². The van der Waals surface area contributed by atoms with E-state index in [1.165, 1.54) is 0 Å². The molecular weight excluding hydrogens is 242 g/mol. The molecule has 1 rings (SSSR count). The first-order valence-electron chi connectivity index (χ1n) is 6.57. The number of amides is 1. The van der Waals surface area contributed by atoms with E-state index >= 15 is 0 Å². The van der Waals surface area contributed by atoms with Crippen LogP contribution in [0, 0.1) is 5.92 Å². The Morgan fingerprint density at radius 2 is 1.74 bits per heavy atom. The predicted molar refractivity (Wildman–Crippen MR) is 74.0 cm³/mol. The van der Waals surface area contributed by atoms with Gasteiger partial charge < -0.3 is 10.4 Å². The van der Waals surface area contributed by atoms with E-state index in [2.05, 4.69) is 5.32 Å². The van der Waals surface area contributed by atoms with Crippen molar-refractivity contribution in [1.82, 2.24) is 5.32 Å². The van der Waals surface area contributed by atoms with E-state index in [4.69, 9.17) is 0 Å². The minimum Gasteiger partial charge on any atom is -0.481 e. The third kappa shape index (κ3) is 3.34. The molecular formula is C15H21NO3. The number of carbonyl (C=O) groups is 2. The highest BCUT2D eigenvalue weighted by Gasteiger charge is 2.38. The molecule has 0 bridgehead atoms. The fourth-order valence-corrected chi connectivity index (χ4v) is 2.27. The van der Waals surface area contributed by atoms with Gasteiger partial charge in [-0.25, -0.2) is 0 Å². The van der Waals surface area contributed by atoms with Crippen LogP contribution in [0.15, 0.2) is 30.3 Å². The zero-order valence-electron chi connectivity index (χ0n) is 11.6. The van der Waals surface area contributed by atoms with Crippen LogP contribution in [0.1, 0.15) is 44.0 Å². The number of carboxylic acid groups (broad SMARTS) is 1. The van der Waals surface area contributed by atoms with Gasteiger partial charge in [0.2, 0.25) is 0 Å². The number of benzene rings is 1. The van der Waals surface area contributed by atoms with Crippen LogP contribution < -0.4 is 5.32 Å². The van der Waals surface area contributed by atoms with Crippen molar-refractivity contribution in [2.45, 2.75) is 39.2 Å². The second-order valence-electron chi connectivity index (χ2n) is 4.74. The minimum absolute atomic E-state index is 0.225. The van der Waals surface area contributed by atoms with Gasteiger partial charge in [0, 0.05) is 5.56 Å². The van der Waals surface area contributed by atoms with Crippen molar-refractivity contribution in [2.75, 3.05) is 0 Å². The SMILES string of the molecule is CCC(CC)(NC(=O)c1ccccc1)[C@H](C)C(=O)O. The highest BCUT2D eigenvalue weighted by atomic mass is 16.4. The zero-order chi connectivity index (χ0) is 14.5. The first kappa shape index (κ1) is 15.2. The van der Waals surface area contributed by atoms with Gasteiger partial charge in [-0.3, -0.25) is 9.59 Å². The summed E-state index contributed by atoms with van der Waals surface area (Å²) in [5, 5.41) is 12.1. The van der Waals surface area contributed by atoms with Gasteiger partial charge in [0.05, 0.1) is 11.5 Å². The summed E-state index contributed by atoms with van der Waals surface area (Å²) < 4.78 is 0. The van der Waals surface area contributed by atoms with Crippen LogP contribution in [-0.2, 0) is 4.79 Å². The molecule has 19 heavy (non-hydrogen) atoms. The standard InChI is InChI=1S/C15H21NO3/c1-4-15(5-2,11(3)14(18)19)16-13(17)12-9-7-6-8-10-12/h6-11H,4-5H2,1-3H3,(H,16,17)(H,18,19)/t11-/m1/s1. The number of nitrogens with one attached hydrogen (secondary N) is 1. The Morgan fingerprint density at radius 3 is 2.16 bits per heavy atom. The van der Waals surface area contributed by atoms with Gasteiger partial charge >= 0.3 is 5.97 Å². The number of carboxylic acids is 1. The van der Waals surface area contributed by atoms with E-state index in [9.17, 15) is 14.7 Å². The summed E-state index contributed by atoms with van der Waals surface area (Å²) in [5.41, 5.74) is -0.162. The Labute approximate surface area is 113 Å². The van der Waals surface area contributed by atoms with Gasteiger partial charge in [-0.1, -0.05) is 32.0 Å². The molecule has 0 radical (unpaired) electrons. The Balaban J connectivity index is 2.96. The van der Waals surface area contributed by atoms with E-state index in [1.807, 2.05) is 19.9 Å². The normalized spacial score (nSPS) is 12.8. The van der Waals surface area contributed by atoms with Crippen molar-refractivity contribution in [1.29, 1.82) is 0 Å². The van der Waals surface area contributed by atoms with Crippen LogP contribution in [0.3, 0.4) is 0 Å². The van der Waals surface area contributed by atoms with Crippen LogP contribution in [0.5, 0.6) is 0 Å². The molecule has 1 amide bonds. The lowest BCUT2D eigenvalue weighted by Gasteiger charge is -2.36. The Kier molecular flexibility index (Phi) is 5.10. The molecule has 0 aliphatic heterocycles. The first-order valence-corrected chi connectivity index (χ1v) is 6.57. The summed E-state index contributed by atoms with van der Waals surface area (Å²) in [5.74, 6) is -1.75. The summed E-state index contributed by atoms with van der Waals surface area (Å²) in [6.07, 6.45) is 1.16. The fourth-order valence-electron chi connectivity index (χ4n) is 2.27. The van der Waals surface area contributed by atoms with E-state index < -0.39 is 17.4 Å². The lowest BCUT2D eigenvalue weighted by atomic mass is 9.80. The van der Waals surface area contributed by atoms with E-state index in [0.29, 0.717) is 18.4 Å². The second-order valence-corrected chi connectivity index (χ2v) is 4.74. The summed E-state index contributed by atoms with van der Waals surface area (Å²) >= 11 is 0. The van der Waals surface area contributed by atoms with E-state index in [0.717, 1.165) is 0 Å². The fraction of sp³-hybridized carbons (Fsp3) is 0.467. The number of aliphatic carboxylic acids is 1. The second kappa shape index (κ2) is 6.36. The number of rotatable bonds is 6. The monoisotopic (exact) mass is 263 g/mol. The Bertz CT molecular complexity index is 438. The molecule has 0 aromatic heterocycles. The van der Waals surface area contributed by atoms with Crippen molar-refractivity contribution in [3.05, 3.63) is 35.9 Å². The largest absolute Gasteiger partial charge is 0.481 e. The lowest BCUT2D eigenvalue weighted by Crippen LogP contribution is -2.54. The molecule has 0 spiro atoms. The topological polar surface area (TPSA) is 66.4 Å². The van der Waals surface area contributed by atoms with Crippen molar-refractivity contribution in [2.24, 2.45) is 5.92 Å². The van der Waals surface area contributed by atoms with Gasteiger partial charge in [0.25, 0.3) is 5.91 Å². The maximum atomic E-state index is 12.2. The van der Waals surface area contributed by atoms with Crippen molar-refractivity contribution >= 4 is 11.9 Å². The number of carbonyl (C=O) groups excluding carboxylic acids is 1. The number of hydrogen-bond acceptors (Lipinski definition) is 2. The quantitative estimate of drug-likeness (QED) is 0.829. The maximum Gasteiger partial charge on any atom is 0.308 e. The van der Waals surface area contributed by atoms with Gasteiger partial charge in [0.15, 0.2) is 0 Å². The van der Waals surface area contributed by atoms with Crippen LogP contribution >= 0.6 is 0 Å². The molecule has 4 heteroatoms. The molecule has 1 aromatic rings. The van der Waals surface area contributed by atoms with Gasteiger partial charge in [-0.15, -0.1) is 0 Å². The predicted octanol–water partition coefficient (Wildman–Crippen LogP) is 2.70. The lowest BCUT2D eigenvalue weighted by molar-refractivity contribution is -0.144. The summed E-state index contributed by atoms with van der Waals surface area (Å²) in [6, 6.07) is 8.85. The maximum absolute atomic E-state index is 12.2. The molecule has 0 saturated carbocycles. The highest BCUT2D eigenvalue weighted by Crippen LogP contribution is 2.26. The molecule has 1 aromatic carbocycles. The van der Waals surface area contributed by atoms with E-state index in [1.54, 1.807) is 31.2 Å². The molecule has 1 atom stereocenters. The zero-order valence-corrected chi connectivity index (χ0v) is 11.6. The Morgan fingerprint density at radius 1 is 1.21 bits per heavy atom. The molecule has 0 heterocycles. The molecule has 4 nitrogen and oxygen atoms in total. The average Bonchev–Trinajstić information content (AvgIpc) is 2.44. The molecule has 0 aliphatic rings. The molecule has 0 fully saturated rings. The molecule has 104 valence electrons. The van der Waals surface area contributed by atoms with Crippen molar-refractivity contribution in [3.8, 4) is 0 Å². The summed E-state index contributed by atoms with van der Waals surface area (Å²) in [4.78, 5) is 23.4. The number of hydrogen-bond donors (Lipinski definition) is 2. The average molecular weight is 263 g/mol. The molecule has 0 unspecified atom stereocenters. The van der Waals surface area contributed by atoms with Crippen LogP contribution in [0.2, 0.25) is 0 Å². The third-order valence-electron chi connectivity index (χ3n) is 3.86. The van der Waals surface area contributed by atoms with Crippen LogP contribution in [0.25, 0.3) is 0 Å². The third-order valence-corrected chi connectivity index (χ3v) is 3.86. The van der Waals surface area contributed by atoms with E-state index in [-0.39, 0.29) is 5.91 Å². The smallest absolute Gasteiger partial charge is 0.308 e. The van der Waals surface area contributed by atoms with Crippen molar-refractivity contribution < 1.29 is 14.7 Å². The highest BCUT2D eigenvalue weighted by molar-refractivity contribution is 5.95. The summed E-state index contributed by atoms with van der Waals surface area (Å²) in [6.45, 7) is 5.43. The van der Waals surface area contributed by atoms with Gasteiger partial charge in [-0.05, 0) is 31.9 Å². The Hall–Kier alpha value is -1.84. The van der Waals surface area contributed by atoms with Gasteiger partial charge in [-0.2, -0.15) is 0 Å².